The molecule has 0 aliphatic heterocycles. The van der Waals surface area contributed by atoms with E-state index in [2.05, 4.69) is 21.2 Å². The molecule has 0 heterocycles. The number of rotatable bonds is 6. The van der Waals surface area contributed by atoms with Crippen molar-refractivity contribution >= 4 is 33.5 Å². The van der Waals surface area contributed by atoms with Crippen LogP contribution in [0, 0.1) is 16.0 Å². The van der Waals surface area contributed by atoms with E-state index in [1.807, 2.05) is 0 Å². The molecule has 8 heteroatoms. The summed E-state index contributed by atoms with van der Waals surface area (Å²) in [6, 6.07) is 3.72. The van der Waals surface area contributed by atoms with Gasteiger partial charge < -0.3 is 10.4 Å². The van der Waals surface area contributed by atoms with Gasteiger partial charge in [-0.25, -0.2) is 0 Å². The number of aliphatic carboxylic acids is 1. The lowest BCUT2D eigenvalue weighted by molar-refractivity contribution is -0.385. The van der Waals surface area contributed by atoms with Crippen molar-refractivity contribution < 1.29 is 19.6 Å². The van der Waals surface area contributed by atoms with Gasteiger partial charge in [0.25, 0.3) is 11.6 Å². The highest BCUT2D eigenvalue weighted by molar-refractivity contribution is 9.10. The standard InChI is InChI=1S/C13H13BrN2O5/c14-12-8(2-1-3-10(12)16(20)21)13(19)15-9(6-11(17)18)7-4-5-7/h1-3,7,9H,4-6H2,(H,15,19)(H,17,18). The molecule has 2 rings (SSSR count). The van der Waals surface area contributed by atoms with Crippen LogP contribution in [-0.4, -0.2) is 27.9 Å². The first-order valence-electron chi connectivity index (χ1n) is 6.35. The molecule has 1 aliphatic rings. The Balaban J connectivity index is 2.17. The zero-order valence-electron chi connectivity index (χ0n) is 10.9. The zero-order valence-corrected chi connectivity index (χ0v) is 12.5. The van der Waals surface area contributed by atoms with Crippen molar-refractivity contribution in [3.8, 4) is 0 Å². The fraction of sp³-hybridized carbons (Fsp3) is 0.385. The minimum atomic E-state index is -0.981. The molecule has 0 saturated heterocycles. The van der Waals surface area contributed by atoms with E-state index in [1.165, 1.54) is 18.2 Å². The van der Waals surface area contributed by atoms with Crippen molar-refractivity contribution in [2.24, 2.45) is 5.92 Å². The first-order valence-corrected chi connectivity index (χ1v) is 7.15. The first-order chi connectivity index (χ1) is 9.90. The van der Waals surface area contributed by atoms with Crippen LogP contribution in [0.4, 0.5) is 5.69 Å². The van der Waals surface area contributed by atoms with Crippen LogP contribution >= 0.6 is 15.9 Å². The third-order valence-corrected chi connectivity index (χ3v) is 4.16. The molecule has 2 N–H and O–H groups in total. The number of nitrogens with one attached hydrogen (secondary N) is 1. The smallest absolute Gasteiger partial charge is 0.305 e. The number of halogens is 1. The number of carbonyl (C=O) groups excluding carboxylic acids is 1. The number of hydrogen-bond acceptors (Lipinski definition) is 4. The van der Waals surface area contributed by atoms with E-state index < -0.39 is 22.8 Å². The third-order valence-electron chi connectivity index (χ3n) is 3.32. The van der Waals surface area contributed by atoms with Crippen LogP contribution < -0.4 is 5.32 Å². The Kier molecular flexibility index (Phi) is 4.56. The summed E-state index contributed by atoms with van der Waals surface area (Å²) in [4.78, 5) is 33.3. The average Bonchev–Trinajstić information content (AvgIpc) is 3.21. The van der Waals surface area contributed by atoms with Crippen molar-refractivity contribution in [2.45, 2.75) is 25.3 Å². The van der Waals surface area contributed by atoms with Gasteiger partial charge in [0.1, 0.15) is 4.47 Å². The zero-order chi connectivity index (χ0) is 15.6. The Morgan fingerprint density at radius 2 is 2.14 bits per heavy atom. The molecule has 1 aromatic carbocycles. The van der Waals surface area contributed by atoms with Gasteiger partial charge in [-0.05, 0) is 40.8 Å². The summed E-state index contributed by atoms with van der Waals surface area (Å²) < 4.78 is 0.0948. The van der Waals surface area contributed by atoms with E-state index >= 15 is 0 Å². The Bertz CT molecular complexity index is 600. The van der Waals surface area contributed by atoms with Gasteiger partial charge in [-0.15, -0.1) is 0 Å². The second kappa shape index (κ2) is 6.21. The Morgan fingerprint density at radius 3 is 2.67 bits per heavy atom. The minimum absolute atomic E-state index is 0.0948. The number of benzene rings is 1. The molecule has 0 spiro atoms. The van der Waals surface area contributed by atoms with E-state index in [4.69, 9.17) is 5.11 Å². The summed E-state index contributed by atoms with van der Waals surface area (Å²) in [5.41, 5.74) is -0.0795. The number of nitrogens with zero attached hydrogens (tertiary/aromatic N) is 1. The number of carboxylic acids is 1. The Hall–Kier alpha value is -1.96. The van der Waals surface area contributed by atoms with E-state index in [0.29, 0.717) is 0 Å². The quantitative estimate of drug-likeness (QED) is 0.600. The monoisotopic (exact) mass is 356 g/mol. The number of nitro groups is 1. The van der Waals surface area contributed by atoms with Crippen molar-refractivity contribution in [1.29, 1.82) is 0 Å². The van der Waals surface area contributed by atoms with Gasteiger partial charge in [-0.2, -0.15) is 0 Å². The number of hydrogen-bond donors (Lipinski definition) is 2. The van der Waals surface area contributed by atoms with E-state index in [1.54, 1.807) is 0 Å². The lowest BCUT2D eigenvalue weighted by atomic mass is 10.1. The molecule has 21 heavy (non-hydrogen) atoms. The SMILES string of the molecule is O=C(O)CC(NC(=O)c1cccc([N+](=O)[O-])c1Br)C1CC1. The third kappa shape index (κ3) is 3.78. The highest BCUT2D eigenvalue weighted by Crippen LogP contribution is 2.35. The lowest BCUT2D eigenvalue weighted by Gasteiger charge is -2.16. The van der Waals surface area contributed by atoms with Gasteiger partial charge in [0.15, 0.2) is 0 Å². The highest BCUT2D eigenvalue weighted by atomic mass is 79.9. The summed E-state index contributed by atoms with van der Waals surface area (Å²) in [5.74, 6) is -1.32. The fourth-order valence-electron chi connectivity index (χ4n) is 2.10. The normalized spacial score (nSPS) is 15.3. The predicted molar refractivity (Wildman–Crippen MR) is 77.0 cm³/mol. The molecule has 7 nitrogen and oxygen atoms in total. The molecule has 1 fully saturated rings. The second-order valence-electron chi connectivity index (χ2n) is 4.91. The van der Waals surface area contributed by atoms with E-state index in [9.17, 15) is 19.7 Å². The topological polar surface area (TPSA) is 110 Å². The molecule has 1 saturated carbocycles. The fourth-order valence-corrected chi connectivity index (χ4v) is 2.69. The predicted octanol–water partition coefficient (Wildman–Crippen LogP) is 2.34. The van der Waals surface area contributed by atoms with E-state index in [-0.39, 0.29) is 28.1 Å². The molecule has 0 bridgehead atoms. The number of amides is 1. The molecule has 1 aromatic rings. The van der Waals surface area contributed by atoms with Crippen LogP contribution in [0.5, 0.6) is 0 Å². The molecule has 1 atom stereocenters. The van der Waals surface area contributed by atoms with Crippen LogP contribution in [0.15, 0.2) is 22.7 Å². The van der Waals surface area contributed by atoms with Gasteiger partial charge in [-0.3, -0.25) is 19.7 Å². The van der Waals surface area contributed by atoms with Crippen molar-refractivity contribution in [3.05, 3.63) is 38.3 Å². The molecule has 1 amide bonds. The van der Waals surface area contributed by atoms with Gasteiger partial charge in [0, 0.05) is 12.1 Å². The second-order valence-corrected chi connectivity index (χ2v) is 5.70. The summed E-state index contributed by atoms with van der Waals surface area (Å²) in [7, 11) is 0. The van der Waals surface area contributed by atoms with Gasteiger partial charge in [0.2, 0.25) is 0 Å². The summed E-state index contributed by atoms with van der Waals surface area (Å²) in [6.45, 7) is 0. The number of nitro benzene ring substituents is 1. The van der Waals surface area contributed by atoms with Crippen LogP contribution in [0.3, 0.4) is 0 Å². The van der Waals surface area contributed by atoms with Crippen molar-refractivity contribution in [3.63, 3.8) is 0 Å². The van der Waals surface area contributed by atoms with Crippen LogP contribution in [0.1, 0.15) is 29.6 Å². The van der Waals surface area contributed by atoms with E-state index in [0.717, 1.165) is 12.8 Å². The first kappa shape index (κ1) is 15.4. The summed E-state index contributed by atoms with van der Waals surface area (Å²) >= 11 is 3.06. The molecule has 1 aliphatic carbocycles. The van der Waals surface area contributed by atoms with Gasteiger partial charge >= 0.3 is 5.97 Å². The largest absolute Gasteiger partial charge is 0.481 e. The van der Waals surface area contributed by atoms with Crippen LogP contribution in [0.25, 0.3) is 0 Å². The van der Waals surface area contributed by atoms with Crippen molar-refractivity contribution in [2.75, 3.05) is 0 Å². The van der Waals surface area contributed by atoms with Crippen molar-refractivity contribution in [1.82, 2.24) is 5.32 Å². The molecular weight excluding hydrogens is 344 g/mol. The Labute approximate surface area is 128 Å². The highest BCUT2D eigenvalue weighted by Gasteiger charge is 2.34. The maximum Gasteiger partial charge on any atom is 0.305 e. The van der Waals surface area contributed by atoms with Gasteiger partial charge in [-0.1, -0.05) is 6.07 Å². The number of carboxylic acid groups (broad SMARTS) is 1. The molecule has 112 valence electrons. The van der Waals surface area contributed by atoms with Gasteiger partial charge in [0.05, 0.1) is 16.9 Å². The minimum Gasteiger partial charge on any atom is -0.481 e. The van der Waals surface area contributed by atoms with Crippen LogP contribution in [-0.2, 0) is 4.79 Å². The molecule has 0 aromatic heterocycles. The maximum absolute atomic E-state index is 12.2. The maximum atomic E-state index is 12.2. The summed E-state index contributed by atoms with van der Waals surface area (Å²) in [6.07, 6.45) is 1.62. The Morgan fingerprint density at radius 1 is 1.48 bits per heavy atom. The lowest BCUT2D eigenvalue weighted by Crippen LogP contribution is -2.38. The molecular formula is C13H13BrN2O5. The van der Waals surface area contributed by atoms with Crippen LogP contribution in [0.2, 0.25) is 0 Å². The number of carbonyl (C=O) groups is 2. The molecule has 1 unspecified atom stereocenters. The molecule has 0 radical (unpaired) electrons. The average molecular weight is 357 g/mol. The summed E-state index contributed by atoms with van der Waals surface area (Å²) in [5, 5.41) is 22.4.